The minimum atomic E-state index is -3.89. The Bertz CT molecular complexity index is 607. The van der Waals surface area contributed by atoms with Gasteiger partial charge in [0, 0.05) is 16.2 Å². The van der Waals surface area contributed by atoms with E-state index in [1.54, 1.807) is 0 Å². The van der Waals surface area contributed by atoms with Gasteiger partial charge in [0.05, 0.1) is 6.20 Å². The molecule has 1 N–H and O–H groups in total. The average Bonchev–Trinajstić information content (AvgIpc) is 2.66. The van der Waals surface area contributed by atoms with Crippen molar-refractivity contribution >= 4 is 19.7 Å². The zero-order valence-electron chi connectivity index (χ0n) is 7.81. The minimum Gasteiger partial charge on any atom is -0.266 e. The first-order valence-electron chi connectivity index (χ1n) is 4.22. The van der Waals surface area contributed by atoms with Crippen molar-refractivity contribution in [2.75, 3.05) is 0 Å². The Morgan fingerprint density at radius 2 is 1.88 bits per heavy atom. The summed E-state index contributed by atoms with van der Waals surface area (Å²) in [5.41, 5.74) is 0.837. The lowest BCUT2D eigenvalue weighted by Gasteiger charge is -1.99. The lowest BCUT2D eigenvalue weighted by molar-refractivity contribution is 0.606. The molecule has 4 nitrogen and oxygen atoms in total. The number of H-pyrrole nitrogens is 1. The third kappa shape index (κ3) is 2.07. The van der Waals surface area contributed by atoms with E-state index >= 15 is 0 Å². The van der Waals surface area contributed by atoms with Crippen LogP contribution in [0.25, 0.3) is 11.1 Å². The summed E-state index contributed by atoms with van der Waals surface area (Å²) < 4.78 is 35.0. The van der Waals surface area contributed by atoms with Crippen molar-refractivity contribution in [2.24, 2.45) is 0 Å². The molecule has 0 atom stereocenters. The summed E-state index contributed by atoms with van der Waals surface area (Å²) in [6, 6.07) is 5.36. The number of aromatic nitrogens is 2. The molecule has 0 saturated heterocycles. The number of benzene rings is 1. The fourth-order valence-corrected chi connectivity index (χ4v) is 2.24. The molecule has 0 aliphatic carbocycles. The Kier molecular flexibility index (Phi) is 2.69. The number of nitrogens with zero attached hydrogens (tertiary/aromatic N) is 1. The van der Waals surface area contributed by atoms with Crippen LogP contribution in [0.2, 0.25) is 0 Å². The van der Waals surface area contributed by atoms with Gasteiger partial charge in [-0.2, -0.15) is 5.10 Å². The van der Waals surface area contributed by atoms with Crippen LogP contribution in [0.15, 0.2) is 35.5 Å². The summed E-state index contributed by atoms with van der Waals surface area (Å²) in [5.74, 6) is -0.400. The molecule has 0 bridgehead atoms. The fourth-order valence-electron chi connectivity index (χ4n) is 1.30. The third-order valence-corrected chi connectivity index (χ3v) is 3.27. The topological polar surface area (TPSA) is 62.8 Å². The summed E-state index contributed by atoms with van der Waals surface area (Å²) in [6.45, 7) is 0. The van der Waals surface area contributed by atoms with Crippen LogP contribution in [0.5, 0.6) is 0 Å². The van der Waals surface area contributed by atoms with Crippen molar-refractivity contribution in [1.29, 1.82) is 0 Å². The standard InChI is InChI=1S/C9H6ClFN2O2S/c10-16(14,15)9-8(5-12-13-9)6-1-3-7(11)4-2-6/h1-5H,(H,12,13). The molecular formula is C9H6ClFN2O2S. The zero-order valence-corrected chi connectivity index (χ0v) is 9.39. The highest BCUT2D eigenvalue weighted by atomic mass is 35.7. The molecule has 1 aromatic carbocycles. The van der Waals surface area contributed by atoms with Gasteiger partial charge in [0.15, 0.2) is 5.03 Å². The SMILES string of the molecule is O=S(=O)(Cl)c1[nH]ncc1-c1ccc(F)cc1. The van der Waals surface area contributed by atoms with E-state index in [0.717, 1.165) is 0 Å². The Balaban J connectivity index is 2.58. The van der Waals surface area contributed by atoms with Gasteiger partial charge < -0.3 is 0 Å². The summed E-state index contributed by atoms with van der Waals surface area (Å²) in [5, 5.41) is 5.71. The monoisotopic (exact) mass is 260 g/mol. The van der Waals surface area contributed by atoms with Crippen molar-refractivity contribution in [3.63, 3.8) is 0 Å². The van der Waals surface area contributed by atoms with Crippen LogP contribution in [-0.4, -0.2) is 18.6 Å². The lowest BCUT2D eigenvalue weighted by atomic mass is 10.1. The maximum atomic E-state index is 12.7. The maximum absolute atomic E-state index is 12.7. The van der Waals surface area contributed by atoms with Crippen LogP contribution in [0.3, 0.4) is 0 Å². The molecule has 0 spiro atoms. The summed E-state index contributed by atoms with van der Waals surface area (Å²) in [6.07, 6.45) is 1.32. The normalized spacial score (nSPS) is 11.6. The van der Waals surface area contributed by atoms with E-state index in [4.69, 9.17) is 10.7 Å². The van der Waals surface area contributed by atoms with Crippen LogP contribution in [0.1, 0.15) is 0 Å². The van der Waals surface area contributed by atoms with E-state index in [1.807, 2.05) is 0 Å². The predicted octanol–water partition coefficient (Wildman–Crippen LogP) is 2.14. The first kappa shape index (κ1) is 11.1. The molecule has 1 aromatic heterocycles. The van der Waals surface area contributed by atoms with Gasteiger partial charge in [-0.3, -0.25) is 5.10 Å². The summed E-state index contributed by atoms with van der Waals surface area (Å²) in [4.78, 5) is 0. The Morgan fingerprint density at radius 1 is 1.25 bits per heavy atom. The predicted molar refractivity (Wildman–Crippen MR) is 57.0 cm³/mol. The highest BCUT2D eigenvalue weighted by Gasteiger charge is 2.18. The fraction of sp³-hybridized carbons (Fsp3) is 0. The molecule has 0 radical (unpaired) electrons. The molecule has 7 heteroatoms. The van der Waals surface area contributed by atoms with E-state index in [9.17, 15) is 12.8 Å². The van der Waals surface area contributed by atoms with E-state index < -0.39 is 14.9 Å². The molecule has 0 unspecified atom stereocenters. The van der Waals surface area contributed by atoms with Crippen molar-refractivity contribution in [1.82, 2.24) is 10.2 Å². The molecule has 1 heterocycles. The third-order valence-electron chi connectivity index (χ3n) is 2.00. The van der Waals surface area contributed by atoms with Gasteiger partial charge in [-0.05, 0) is 17.7 Å². The molecule has 84 valence electrons. The maximum Gasteiger partial charge on any atom is 0.278 e. The quantitative estimate of drug-likeness (QED) is 0.842. The average molecular weight is 261 g/mol. The Morgan fingerprint density at radius 3 is 2.44 bits per heavy atom. The largest absolute Gasteiger partial charge is 0.278 e. The molecule has 0 amide bonds. The van der Waals surface area contributed by atoms with Crippen molar-refractivity contribution < 1.29 is 12.8 Å². The summed E-state index contributed by atoms with van der Waals surface area (Å²) >= 11 is 0. The van der Waals surface area contributed by atoms with Crippen LogP contribution < -0.4 is 0 Å². The first-order valence-corrected chi connectivity index (χ1v) is 6.53. The van der Waals surface area contributed by atoms with Gasteiger partial charge >= 0.3 is 0 Å². The van der Waals surface area contributed by atoms with Gasteiger partial charge in [0.1, 0.15) is 5.82 Å². The minimum absolute atomic E-state index is 0.194. The van der Waals surface area contributed by atoms with Crippen molar-refractivity contribution in [3.8, 4) is 11.1 Å². The second-order valence-corrected chi connectivity index (χ2v) is 5.56. The number of hydrogen-bond acceptors (Lipinski definition) is 3. The lowest BCUT2D eigenvalue weighted by Crippen LogP contribution is -1.93. The molecule has 0 saturated carbocycles. The van der Waals surface area contributed by atoms with E-state index in [1.165, 1.54) is 30.5 Å². The summed E-state index contributed by atoms with van der Waals surface area (Å²) in [7, 11) is 1.33. The number of nitrogens with one attached hydrogen (secondary N) is 1. The number of halogens is 2. The van der Waals surface area contributed by atoms with Gasteiger partial charge in [0.25, 0.3) is 9.05 Å². The highest BCUT2D eigenvalue weighted by Crippen LogP contribution is 2.27. The Labute approximate surface area is 95.5 Å². The molecule has 2 rings (SSSR count). The second-order valence-electron chi connectivity index (χ2n) is 3.06. The molecule has 16 heavy (non-hydrogen) atoms. The Hall–Kier alpha value is -1.40. The van der Waals surface area contributed by atoms with E-state index in [2.05, 4.69) is 10.2 Å². The smallest absolute Gasteiger partial charge is 0.266 e. The van der Waals surface area contributed by atoms with Gasteiger partial charge in [-0.15, -0.1) is 0 Å². The van der Waals surface area contributed by atoms with Crippen LogP contribution >= 0.6 is 10.7 Å². The second kappa shape index (κ2) is 3.88. The van der Waals surface area contributed by atoms with Crippen molar-refractivity contribution in [3.05, 3.63) is 36.3 Å². The molecule has 2 aromatic rings. The highest BCUT2D eigenvalue weighted by molar-refractivity contribution is 8.13. The molecule has 0 aliphatic rings. The number of rotatable bonds is 2. The van der Waals surface area contributed by atoms with Gasteiger partial charge in [-0.25, -0.2) is 12.8 Å². The van der Waals surface area contributed by atoms with Gasteiger partial charge in [0.2, 0.25) is 0 Å². The van der Waals surface area contributed by atoms with E-state index in [0.29, 0.717) is 11.1 Å². The van der Waals surface area contributed by atoms with Crippen LogP contribution in [0.4, 0.5) is 4.39 Å². The van der Waals surface area contributed by atoms with Crippen LogP contribution in [0, 0.1) is 5.82 Å². The van der Waals surface area contributed by atoms with Crippen LogP contribution in [-0.2, 0) is 9.05 Å². The first-order chi connectivity index (χ1) is 7.48. The zero-order chi connectivity index (χ0) is 11.8. The van der Waals surface area contributed by atoms with Gasteiger partial charge in [-0.1, -0.05) is 12.1 Å². The number of hydrogen-bond donors (Lipinski definition) is 1. The van der Waals surface area contributed by atoms with E-state index in [-0.39, 0.29) is 5.03 Å². The molecular weight excluding hydrogens is 255 g/mol. The molecule has 0 fully saturated rings. The number of aromatic amines is 1. The van der Waals surface area contributed by atoms with Crippen molar-refractivity contribution in [2.45, 2.75) is 5.03 Å². The molecule has 0 aliphatic heterocycles.